The van der Waals surface area contributed by atoms with Gasteiger partial charge in [0.15, 0.2) is 5.78 Å². The molecule has 1 N–H and O–H groups in total. The minimum absolute atomic E-state index is 0.0353. The second kappa shape index (κ2) is 5.22. The number of aromatic amines is 1. The highest BCUT2D eigenvalue weighted by Crippen LogP contribution is 2.51. The summed E-state index contributed by atoms with van der Waals surface area (Å²) in [5.41, 5.74) is 2.72. The molecule has 5 heteroatoms. The molecule has 0 aliphatic carbocycles. The Morgan fingerprint density at radius 3 is 2.85 bits per heavy atom. The van der Waals surface area contributed by atoms with Crippen LogP contribution in [-0.4, -0.2) is 39.3 Å². The summed E-state index contributed by atoms with van der Waals surface area (Å²) < 4.78 is 6.41. The normalized spacial score (nSPS) is 29.2. The molecule has 5 nitrogen and oxygen atoms in total. The Morgan fingerprint density at radius 2 is 2.08 bits per heavy atom. The number of hydrogen-bond acceptors (Lipinski definition) is 3. The van der Waals surface area contributed by atoms with Gasteiger partial charge in [0.05, 0.1) is 23.6 Å². The Kier molecular flexibility index (Phi) is 3.15. The molecule has 2 saturated heterocycles. The third kappa shape index (κ3) is 2.03. The zero-order chi connectivity index (χ0) is 18.1. The van der Waals surface area contributed by atoms with Crippen molar-refractivity contribution in [3.05, 3.63) is 52.8 Å². The number of ketones is 1. The molecular weight excluding hydrogens is 328 g/mol. The molecule has 0 saturated carbocycles. The van der Waals surface area contributed by atoms with Crippen LogP contribution in [0.15, 0.2) is 30.3 Å². The summed E-state index contributed by atoms with van der Waals surface area (Å²) in [4.78, 5) is 31.2. The fourth-order valence-corrected chi connectivity index (χ4v) is 5.23. The summed E-state index contributed by atoms with van der Waals surface area (Å²) in [5, 5.41) is 0. The number of nitrogens with zero attached hydrogens (tertiary/aromatic N) is 1. The predicted octanol–water partition coefficient (Wildman–Crippen LogP) is 3.41. The lowest BCUT2D eigenvalue weighted by Gasteiger charge is -2.40. The first-order valence-electron chi connectivity index (χ1n) is 9.29. The lowest BCUT2D eigenvalue weighted by Crippen LogP contribution is -2.52. The van der Waals surface area contributed by atoms with E-state index < -0.39 is 5.60 Å². The second-order valence-electron chi connectivity index (χ2n) is 7.92. The first-order valence-corrected chi connectivity index (χ1v) is 9.29. The molecule has 2 bridgehead atoms. The van der Waals surface area contributed by atoms with Crippen LogP contribution in [0.1, 0.15) is 57.8 Å². The van der Waals surface area contributed by atoms with Crippen molar-refractivity contribution in [1.82, 2.24) is 9.88 Å². The highest BCUT2D eigenvalue weighted by atomic mass is 16.5. The van der Waals surface area contributed by atoms with E-state index in [1.54, 1.807) is 0 Å². The zero-order valence-corrected chi connectivity index (χ0v) is 15.0. The topological polar surface area (TPSA) is 62.4 Å². The lowest BCUT2D eigenvalue weighted by atomic mass is 9.78. The molecule has 1 spiro atoms. The number of aromatic nitrogens is 1. The molecule has 5 rings (SSSR count). The van der Waals surface area contributed by atoms with E-state index in [0.717, 1.165) is 36.2 Å². The van der Waals surface area contributed by atoms with Crippen LogP contribution in [0.2, 0.25) is 0 Å². The van der Waals surface area contributed by atoms with Crippen molar-refractivity contribution < 1.29 is 14.3 Å². The SMILES string of the molecule is Cc1cc(C(=O)N2C3CCC2C2(CC(=O)c4ccccc4O2)C3)c(C)[nH]1. The molecule has 3 aliphatic rings. The standard InChI is InChI=1S/C21H22N2O3/c1-12-9-16(13(2)22-12)20(25)23-14-7-8-19(23)21(10-14)11-17(24)15-5-3-4-6-18(15)26-21/h3-6,9,14,19,22H,7-8,10-11H2,1-2H3. The van der Waals surface area contributed by atoms with Crippen LogP contribution in [0.5, 0.6) is 5.75 Å². The number of benzene rings is 1. The van der Waals surface area contributed by atoms with Crippen LogP contribution in [0.3, 0.4) is 0 Å². The number of Topliss-reactive ketones (excluding diaryl/α,β-unsaturated/α-hetero) is 1. The number of nitrogens with one attached hydrogen (secondary N) is 1. The van der Waals surface area contributed by atoms with E-state index in [1.807, 2.05) is 49.1 Å². The number of amides is 1. The van der Waals surface area contributed by atoms with Crippen molar-refractivity contribution >= 4 is 11.7 Å². The number of fused-ring (bicyclic) bond motifs is 4. The Balaban J connectivity index is 1.51. The van der Waals surface area contributed by atoms with Crippen molar-refractivity contribution in [2.24, 2.45) is 0 Å². The molecule has 0 radical (unpaired) electrons. The van der Waals surface area contributed by atoms with E-state index >= 15 is 0 Å². The molecule has 26 heavy (non-hydrogen) atoms. The second-order valence-corrected chi connectivity index (χ2v) is 7.92. The van der Waals surface area contributed by atoms with E-state index in [0.29, 0.717) is 17.7 Å². The van der Waals surface area contributed by atoms with Crippen LogP contribution >= 0.6 is 0 Å². The number of hydrogen-bond donors (Lipinski definition) is 1. The number of ether oxygens (including phenoxy) is 1. The van der Waals surface area contributed by atoms with Gasteiger partial charge in [-0.1, -0.05) is 12.1 Å². The number of carbonyl (C=O) groups is 2. The zero-order valence-electron chi connectivity index (χ0n) is 15.0. The Labute approximate surface area is 152 Å². The van der Waals surface area contributed by atoms with Crippen molar-refractivity contribution in [2.45, 2.75) is 57.2 Å². The van der Waals surface area contributed by atoms with E-state index in [1.165, 1.54) is 0 Å². The summed E-state index contributed by atoms with van der Waals surface area (Å²) >= 11 is 0. The molecule has 1 aromatic carbocycles. The molecule has 3 aliphatic heterocycles. The summed E-state index contributed by atoms with van der Waals surface area (Å²) in [7, 11) is 0. The van der Waals surface area contributed by atoms with Gasteiger partial charge in [-0.2, -0.15) is 0 Å². The first-order chi connectivity index (χ1) is 12.5. The van der Waals surface area contributed by atoms with Gasteiger partial charge in [0, 0.05) is 23.9 Å². The maximum atomic E-state index is 13.3. The highest BCUT2D eigenvalue weighted by molar-refractivity contribution is 6.01. The van der Waals surface area contributed by atoms with Gasteiger partial charge in [-0.15, -0.1) is 0 Å². The molecule has 1 aromatic heterocycles. The number of H-pyrrole nitrogens is 1. The molecule has 4 heterocycles. The summed E-state index contributed by atoms with van der Waals surface area (Å²) in [6.45, 7) is 3.90. The van der Waals surface area contributed by atoms with Gasteiger partial charge in [0.1, 0.15) is 11.4 Å². The highest BCUT2D eigenvalue weighted by Gasteiger charge is 2.61. The first kappa shape index (κ1) is 15.7. The van der Waals surface area contributed by atoms with Crippen LogP contribution in [0.4, 0.5) is 0 Å². The fraction of sp³-hybridized carbons (Fsp3) is 0.429. The predicted molar refractivity (Wildman–Crippen MR) is 96.6 cm³/mol. The number of carbonyl (C=O) groups excluding carboxylic acids is 2. The molecule has 3 unspecified atom stereocenters. The van der Waals surface area contributed by atoms with Gasteiger partial charge < -0.3 is 14.6 Å². The minimum Gasteiger partial charge on any atom is -0.484 e. The molecule has 2 aromatic rings. The van der Waals surface area contributed by atoms with E-state index in [4.69, 9.17) is 4.74 Å². The minimum atomic E-state index is -0.566. The van der Waals surface area contributed by atoms with Crippen LogP contribution in [-0.2, 0) is 0 Å². The average Bonchev–Trinajstić information content (AvgIpc) is 3.25. The van der Waals surface area contributed by atoms with Gasteiger partial charge in [-0.25, -0.2) is 0 Å². The monoisotopic (exact) mass is 350 g/mol. The maximum absolute atomic E-state index is 13.3. The fourth-order valence-electron chi connectivity index (χ4n) is 5.23. The Hall–Kier alpha value is -2.56. The largest absolute Gasteiger partial charge is 0.484 e. The quantitative estimate of drug-likeness (QED) is 0.857. The van der Waals surface area contributed by atoms with Crippen LogP contribution in [0, 0.1) is 13.8 Å². The summed E-state index contributed by atoms with van der Waals surface area (Å²) in [6, 6.07) is 9.49. The molecule has 1 amide bonds. The van der Waals surface area contributed by atoms with Crippen LogP contribution in [0.25, 0.3) is 0 Å². The molecular formula is C21H22N2O3. The van der Waals surface area contributed by atoms with E-state index in [-0.39, 0.29) is 23.8 Å². The van der Waals surface area contributed by atoms with Gasteiger partial charge in [0.2, 0.25) is 0 Å². The van der Waals surface area contributed by atoms with Crippen molar-refractivity contribution in [3.63, 3.8) is 0 Å². The van der Waals surface area contributed by atoms with Crippen molar-refractivity contribution in [1.29, 1.82) is 0 Å². The Bertz CT molecular complexity index is 931. The third-order valence-corrected chi connectivity index (χ3v) is 6.27. The van der Waals surface area contributed by atoms with E-state index in [9.17, 15) is 9.59 Å². The number of para-hydroxylation sites is 1. The summed E-state index contributed by atoms with van der Waals surface area (Å²) in [6.07, 6.45) is 2.99. The molecule has 3 atom stereocenters. The van der Waals surface area contributed by atoms with Crippen molar-refractivity contribution in [2.75, 3.05) is 0 Å². The summed E-state index contributed by atoms with van der Waals surface area (Å²) in [5.74, 6) is 0.851. The van der Waals surface area contributed by atoms with E-state index in [2.05, 4.69) is 4.98 Å². The number of rotatable bonds is 1. The smallest absolute Gasteiger partial charge is 0.256 e. The third-order valence-electron chi connectivity index (χ3n) is 6.27. The molecule has 134 valence electrons. The van der Waals surface area contributed by atoms with Crippen molar-refractivity contribution in [3.8, 4) is 5.75 Å². The average molecular weight is 350 g/mol. The van der Waals surface area contributed by atoms with Gasteiger partial charge in [-0.3, -0.25) is 9.59 Å². The van der Waals surface area contributed by atoms with Crippen LogP contribution < -0.4 is 4.74 Å². The maximum Gasteiger partial charge on any atom is 0.256 e. The Morgan fingerprint density at radius 1 is 1.27 bits per heavy atom. The van der Waals surface area contributed by atoms with Gasteiger partial charge >= 0.3 is 0 Å². The molecule has 2 fully saturated rings. The van der Waals surface area contributed by atoms with Gasteiger partial charge in [0.25, 0.3) is 5.91 Å². The number of aryl methyl sites for hydroxylation is 2. The van der Waals surface area contributed by atoms with Gasteiger partial charge in [-0.05, 0) is 44.9 Å². The lowest BCUT2D eigenvalue weighted by molar-refractivity contribution is 0.0112.